The van der Waals surface area contributed by atoms with Crippen LogP contribution in [-0.4, -0.2) is 54.3 Å². The molecule has 156 valence electrons. The number of likely N-dealkylation sites (tertiary alicyclic amines) is 1. The molecule has 7 heteroatoms. The average Bonchev–Trinajstić information content (AvgIpc) is 3.60. The van der Waals surface area contributed by atoms with Crippen molar-refractivity contribution in [2.24, 2.45) is 5.92 Å². The number of methoxy groups -OCH3 is 1. The number of hydrogen-bond donors (Lipinski definition) is 2. The highest BCUT2D eigenvalue weighted by atomic mass is 16.5. The van der Waals surface area contributed by atoms with E-state index in [0.717, 1.165) is 24.1 Å². The molecule has 0 radical (unpaired) electrons. The standard InChI is InChI=1S/C23H25N3O4/c1-30-20-9-5-3-7-16(20)24-23(29)25-12-18-21(15-6-2-4-8-17(15)25)19(13-27)26(18)22(28)14-10-11-14/h2-9,14,18-19,21,27H,10-13H2,1H3,(H,24,29)/t18-,19-,21+/m1/s1. The van der Waals surface area contributed by atoms with Crippen LogP contribution in [0.3, 0.4) is 0 Å². The van der Waals surface area contributed by atoms with Crippen LogP contribution in [0.15, 0.2) is 48.5 Å². The molecule has 1 saturated heterocycles. The third kappa shape index (κ3) is 2.92. The lowest BCUT2D eigenvalue weighted by Crippen LogP contribution is -2.71. The van der Waals surface area contributed by atoms with E-state index in [2.05, 4.69) is 5.32 Å². The Balaban J connectivity index is 1.46. The van der Waals surface area contributed by atoms with Gasteiger partial charge in [0.1, 0.15) is 5.75 Å². The second kappa shape index (κ2) is 7.32. The molecule has 1 aliphatic carbocycles. The Morgan fingerprint density at radius 2 is 1.87 bits per heavy atom. The van der Waals surface area contributed by atoms with Gasteiger partial charge in [0.2, 0.25) is 5.91 Å². The lowest BCUT2D eigenvalue weighted by molar-refractivity contribution is -0.151. The highest BCUT2D eigenvalue weighted by molar-refractivity contribution is 6.04. The number of nitrogens with one attached hydrogen (secondary N) is 1. The van der Waals surface area contributed by atoms with Crippen molar-refractivity contribution in [1.82, 2.24) is 4.90 Å². The zero-order chi connectivity index (χ0) is 20.8. The highest BCUT2D eigenvalue weighted by Crippen LogP contribution is 2.50. The summed E-state index contributed by atoms with van der Waals surface area (Å²) in [5.41, 5.74) is 2.42. The van der Waals surface area contributed by atoms with Crippen LogP contribution >= 0.6 is 0 Å². The molecule has 0 aromatic heterocycles. The summed E-state index contributed by atoms with van der Waals surface area (Å²) >= 11 is 0. The molecule has 2 aromatic rings. The number of aliphatic hydroxyl groups excluding tert-OH is 1. The zero-order valence-electron chi connectivity index (χ0n) is 16.8. The number of fused-ring (bicyclic) bond motifs is 3. The Morgan fingerprint density at radius 1 is 1.13 bits per heavy atom. The summed E-state index contributed by atoms with van der Waals surface area (Å²) in [4.78, 5) is 29.6. The van der Waals surface area contributed by atoms with E-state index in [4.69, 9.17) is 4.74 Å². The maximum absolute atomic E-state index is 13.3. The Hall–Kier alpha value is -3.06. The first-order chi connectivity index (χ1) is 14.6. The van der Waals surface area contributed by atoms with Crippen LogP contribution in [-0.2, 0) is 4.79 Å². The molecular weight excluding hydrogens is 382 g/mol. The van der Waals surface area contributed by atoms with E-state index in [1.165, 1.54) is 0 Å². The third-order valence-electron chi connectivity index (χ3n) is 6.46. The number of anilines is 2. The second-order valence-electron chi connectivity index (χ2n) is 8.16. The quantitative estimate of drug-likeness (QED) is 0.817. The normalized spacial score (nSPS) is 24.4. The molecule has 0 unspecified atom stereocenters. The molecule has 2 heterocycles. The molecule has 5 rings (SSSR count). The molecule has 3 amide bonds. The van der Waals surface area contributed by atoms with E-state index in [1.54, 1.807) is 24.1 Å². The number of rotatable bonds is 4. The summed E-state index contributed by atoms with van der Waals surface area (Å²) in [6, 6.07) is 14.4. The van der Waals surface area contributed by atoms with Crippen LogP contribution in [0, 0.1) is 5.92 Å². The summed E-state index contributed by atoms with van der Waals surface area (Å²) in [5.74, 6) is 0.820. The van der Waals surface area contributed by atoms with Crippen molar-refractivity contribution in [3.05, 3.63) is 54.1 Å². The fourth-order valence-electron chi connectivity index (χ4n) is 4.86. The van der Waals surface area contributed by atoms with Crippen molar-refractivity contribution in [2.75, 3.05) is 30.5 Å². The van der Waals surface area contributed by atoms with Gasteiger partial charge >= 0.3 is 6.03 Å². The van der Waals surface area contributed by atoms with Gasteiger partial charge in [-0.15, -0.1) is 0 Å². The SMILES string of the molecule is COc1ccccc1NC(=O)N1C[C@@H]2[C@H](c3ccccc31)[C@@H](CO)N2C(=O)C1CC1. The highest BCUT2D eigenvalue weighted by Gasteiger charge is 2.57. The monoisotopic (exact) mass is 407 g/mol. The Bertz CT molecular complexity index is 990. The zero-order valence-corrected chi connectivity index (χ0v) is 16.8. The Labute approximate surface area is 175 Å². The molecule has 30 heavy (non-hydrogen) atoms. The van der Waals surface area contributed by atoms with Crippen molar-refractivity contribution < 1.29 is 19.4 Å². The number of amides is 3. The summed E-state index contributed by atoms with van der Waals surface area (Å²) < 4.78 is 5.35. The maximum atomic E-state index is 13.3. The fraction of sp³-hybridized carbons (Fsp3) is 0.391. The third-order valence-corrected chi connectivity index (χ3v) is 6.46. The molecule has 0 spiro atoms. The van der Waals surface area contributed by atoms with Crippen molar-refractivity contribution >= 4 is 23.3 Å². The first-order valence-electron chi connectivity index (χ1n) is 10.4. The number of para-hydroxylation sites is 3. The number of nitrogens with zero attached hydrogens (tertiary/aromatic N) is 2. The lowest BCUT2D eigenvalue weighted by Gasteiger charge is -2.59. The van der Waals surface area contributed by atoms with Crippen LogP contribution in [0.1, 0.15) is 24.3 Å². The van der Waals surface area contributed by atoms with Gasteiger partial charge < -0.3 is 20.1 Å². The predicted octanol–water partition coefficient (Wildman–Crippen LogP) is 2.81. The topological polar surface area (TPSA) is 82.1 Å². The molecule has 2 aliphatic heterocycles. The van der Waals surface area contributed by atoms with Crippen molar-refractivity contribution in [3.63, 3.8) is 0 Å². The minimum atomic E-state index is -0.267. The van der Waals surface area contributed by atoms with Gasteiger partial charge in [0.05, 0.1) is 31.5 Å². The number of hydrogen-bond acceptors (Lipinski definition) is 4. The van der Waals surface area contributed by atoms with Gasteiger partial charge in [0.25, 0.3) is 0 Å². The minimum Gasteiger partial charge on any atom is -0.495 e. The number of ether oxygens (including phenoxy) is 1. The molecule has 2 fully saturated rings. The Morgan fingerprint density at radius 3 is 2.60 bits per heavy atom. The molecule has 2 aromatic carbocycles. The van der Waals surface area contributed by atoms with E-state index in [1.807, 2.05) is 41.3 Å². The summed E-state index contributed by atoms with van der Waals surface area (Å²) in [6.07, 6.45) is 1.83. The number of carbonyl (C=O) groups excluding carboxylic acids is 2. The van der Waals surface area contributed by atoms with E-state index in [0.29, 0.717) is 18.0 Å². The summed E-state index contributed by atoms with van der Waals surface area (Å²) in [5, 5.41) is 12.9. The molecule has 3 atom stereocenters. The van der Waals surface area contributed by atoms with Crippen LogP contribution in [0.25, 0.3) is 0 Å². The number of aliphatic hydroxyl groups is 1. The van der Waals surface area contributed by atoms with Crippen LogP contribution in [0.2, 0.25) is 0 Å². The maximum Gasteiger partial charge on any atom is 0.326 e. The van der Waals surface area contributed by atoms with Gasteiger partial charge in [-0.1, -0.05) is 30.3 Å². The molecule has 0 bridgehead atoms. The van der Waals surface area contributed by atoms with E-state index < -0.39 is 0 Å². The number of benzene rings is 2. The van der Waals surface area contributed by atoms with Gasteiger partial charge in [-0.05, 0) is 36.6 Å². The molecular formula is C23H25N3O4. The molecule has 3 aliphatic rings. The molecule has 1 saturated carbocycles. The summed E-state index contributed by atoms with van der Waals surface area (Å²) in [7, 11) is 1.57. The Kier molecular flexibility index (Phi) is 4.62. The van der Waals surface area contributed by atoms with Gasteiger partial charge in [0.15, 0.2) is 0 Å². The van der Waals surface area contributed by atoms with E-state index in [9.17, 15) is 14.7 Å². The van der Waals surface area contributed by atoms with Crippen molar-refractivity contribution in [2.45, 2.75) is 30.8 Å². The fourth-order valence-corrected chi connectivity index (χ4v) is 4.86. The first-order valence-corrected chi connectivity index (χ1v) is 10.4. The van der Waals surface area contributed by atoms with E-state index >= 15 is 0 Å². The second-order valence-corrected chi connectivity index (χ2v) is 8.16. The van der Waals surface area contributed by atoms with Crippen LogP contribution < -0.4 is 15.0 Å². The van der Waals surface area contributed by atoms with Crippen molar-refractivity contribution in [3.8, 4) is 5.75 Å². The average molecular weight is 407 g/mol. The van der Waals surface area contributed by atoms with Gasteiger partial charge in [-0.3, -0.25) is 9.69 Å². The molecule has 2 N–H and O–H groups in total. The number of carbonyl (C=O) groups is 2. The van der Waals surface area contributed by atoms with Crippen molar-refractivity contribution in [1.29, 1.82) is 0 Å². The van der Waals surface area contributed by atoms with E-state index in [-0.39, 0.29) is 42.5 Å². The minimum absolute atomic E-state index is 0.0456. The first kappa shape index (κ1) is 18.9. The van der Waals surface area contributed by atoms with Gasteiger partial charge in [-0.2, -0.15) is 0 Å². The van der Waals surface area contributed by atoms with Gasteiger partial charge in [-0.25, -0.2) is 4.79 Å². The summed E-state index contributed by atoms with van der Waals surface area (Å²) in [6.45, 7) is 0.332. The van der Waals surface area contributed by atoms with Crippen LogP contribution in [0.5, 0.6) is 5.75 Å². The van der Waals surface area contributed by atoms with Crippen LogP contribution in [0.4, 0.5) is 16.2 Å². The number of urea groups is 1. The smallest absolute Gasteiger partial charge is 0.326 e. The lowest BCUT2D eigenvalue weighted by atomic mass is 9.71. The predicted molar refractivity (Wildman–Crippen MR) is 113 cm³/mol. The molecule has 7 nitrogen and oxygen atoms in total. The largest absolute Gasteiger partial charge is 0.495 e. The van der Waals surface area contributed by atoms with Gasteiger partial charge in [0, 0.05) is 24.1 Å².